The molecule has 3 heterocycles. The average Bonchev–Trinajstić information content (AvgIpc) is 3.21. The van der Waals surface area contributed by atoms with E-state index in [9.17, 15) is 9.59 Å². The first kappa shape index (κ1) is 19.4. The van der Waals surface area contributed by atoms with Gasteiger partial charge in [0.1, 0.15) is 17.0 Å². The van der Waals surface area contributed by atoms with Crippen LogP contribution in [0.3, 0.4) is 0 Å². The minimum Gasteiger partial charge on any atom is -0.482 e. The molecule has 5 rings (SSSR count). The standard InChI is InChI=1S/C24H23N3O4/c1-26-15-19-21(25-26)18-9-5-6-10-20(18)31-24(19)11-13-27(14-12-24)22(28)16-7-3-4-8-17(16)23(29)30-2/h3-10,15H,11-14H2,1-2H3. The van der Waals surface area contributed by atoms with E-state index in [1.165, 1.54) is 7.11 Å². The van der Waals surface area contributed by atoms with Crippen molar-refractivity contribution in [1.29, 1.82) is 0 Å². The van der Waals surface area contributed by atoms with Crippen LogP contribution in [0.5, 0.6) is 5.75 Å². The zero-order valence-electron chi connectivity index (χ0n) is 17.5. The molecule has 0 atom stereocenters. The smallest absolute Gasteiger partial charge is 0.338 e. The molecule has 1 amide bonds. The molecule has 2 aliphatic heterocycles. The number of methoxy groups -OCH3 is 1. The van der Waals surface area contributed by atoms with Gasteiger partial charge in [-0.2, -0.15) is 5.10 Å². The third-order valence-electron chi connectivity index (χ3n) is 6.19. The predicted octanol–water partition coefficient (Wildman–Crippen LogP) is 3.40. The molecule has 1 aromatic heterocycles. The van der Waals surface area contributed by atoms with Crippen LogP contribution in [-0.4, -0.2) is 46.8 Å². The molecule has 3 aromatic rings. The van der Waals surface area contributed by atoms with Crippen molar-refractivity contribution in [2.75, 3.05) is 20.2 Å². The van der Waals surface area contributed by atoms with Crippen molar-refractivity contribution in [1.82, 2.24) is 14.7 Å². The van der Waals surface area contributed by atoms with Crippen LogP contribution in [-0.2, 0) is 17.4 Å². The molecule has 0 aliphatic carbocycles. The summed E-state index contributed by atoms with van der Waals surface area (Å²) in [5, 5.41) is 4.69. The maximum atomic E-state index is 13.2. The molecule has 2 aromatic carbocycles. The number of piperidine rings is 1. The normalized spacial score (nSPS) is 16.3. The Labute approximate surface area is 180 Å². The number of aromatic nitrogens is 2. The lowest BCUT2D eigenvalue weighted by molar-refractivity contribution is -0.00177. The van der Waals surface area contributed by atoms with Crippen LogP contribution in [0.2, 0.25) is 0 Å². The quantitative estimate of drug-likeness (QED) is 0.598. The first-order valence-corrected chi connectivity index (χ1v) is 10.3. The van der Waals surface area contributed by atoms with Gasteiger partial charge in [0.2, 0.25) is 0 Å². The number of fused-ring (bicyclic) bond motifs is 4. The minimum atomic E-state index is -0.517. The summed E-state index contributed by atoms with van der Waals surface area (Å²) in [5.74, 6) is 0.146. The number of hydrogen-bond donors (Lipinski definition) is 0. The Bertz CT molecular complexity index is 1180. The topological polar surface area (TPSA) is 73.7 Å². The summed E-state index contributed by atoms with van der Waals surface area (Å²) in [6.07, 6.45) is 3.31. The lowest BCUT2D eigenvalue weighted by atomic mass is 9.81. The lowest BCUT2D eigenvalue weighted by Gasteiger charge is -2.44. The molecule has 7 heteroatoms. The Hall–Kier alpha value is -3.61. The summed E-state index contributed by atoms with van der Waals surface area (Å²) < 4.78 is 13.2. The van der Waals surface area contributed by atoms with Crippen LogP contribution in [0.1, 0.15) is 39.1 Å². The number of para-hydroxylation sites is 1. The third kappa shape index (κ3) is 3.08. The van der Waals surface area contributed by atoms with Crippen molar-refractivity contribution < 1.29 is 19.1 Å². The number of nitrogens with zero attached hydrogens (tertiary/aromatic N) is 3. The number of carbonyl (C=O) groups excluding carboxylic acids is 2. The number of aryl methyl sites for hydroxylation is 1. The van der Waals surface area contributed by atoms with Crippen LogP contribution < -0.4 is 4.74 Å². The number of carbonyl (C=O) groups is 2. The van der Waals surface area contributed by atoms with Gasteiger partial charge in [-0.05, 0) is 24.3 Å². The Kier molecular flexibility index (Phi) is 4.54. The third-order valence-corrected chi connectivity index (χ3v) is 6.19. The molecule has 0 unspecified atom stereocenters. The highest BCUT2D eigenvalue weighted by molar-refractivity contribution is 6.05. The molecule has 158 valence electrons. The highest BCUT2D eigenvalue weighted by Gasteiger charge is 2.46. The van der Waals surface area contributed by atoms with E-state index in [2.05, 4.69) is 5.10 Å². The van der Waals surface area contributed by atoms with Gasteiger partial charge in [0.05, 0.1) is 18.2 Å². The number of hydrogen-bond acceptors (Lipinski definition) is 5. The molecular weight excluding hydrogens is 394 g/mol. The van der Waals surface area contributed by atoms with Gasteiger partial charge in [-0.1, -0.05) is 24.3 Å². The second kappa shape index (κ2) is 7.27. The summed E-state index contributed by atoms with van der Waals surface area (Å²) in [5.41, 5.74) is 3.14. The van der Waals surface area contributed by atoms with Crippen molar-refractivity contribution in [3.8, 4) is 17.0 Å². The van der Waals surface area contributed by atoms with E-state index < -0.39 is 11.6 Å². The molecule has 7 nitrogen and oxygen atoms in total. The molecule has 0 radical (unpaired) electrons. The van der Waals surface area contributed by atoms with Crippen molar-refractivity contribution in [3.63, 3.8) is 0 Å². The number of benzene rings is 2. The number of esters is 1. The highest BCUT2D eigenvalue weighted by Crippen LogP contribution is 2.48. The van der Waals surface area contributed by atoms with Crippen LogP contribution in [0.25, 0.3) is 11.3 Å². The predicted molar refractivity (Wildman–Crippen MR) is 114 cm³/mol. The van der Waals surface area contributed by atoms with Gasteiger partial charge in [-0.15, -0.1) is 0 Å². The molecule has 1 saturated heterocycles. The van der Waals surface area contributed by atoms with Crippen molar-refractivity contribution in [2.45, 2.75) is 18.4 Å². The maximum absolute atomic E-state index is 13.2. The molecular formula is C24H23N3O4. The van der Waals surface area contributed by atoms with E-state index in [1.807, 2.05) is 42.2 Å². The Morgan fingerprint density at radius 2 is 1.71 bits per heavy atom. The van der Waals surface area contributed by atoms with Crippen molar-refractivity contribution in [2.24, 2.45) is 7.05 Å². The van der Waals surface area contributed by atoms with Gasteiger partial charge in [-0.3, -0.25) is 9.48 Å². The average molecular weight is 417 g/mol. The summed E-state index contributed by atoms with van der Waals surface area (Å²) in [6.45, 7) is 1.04. The fraction of sp³-hybridized carbons (Fsp3) is 0.292. The molecule has 1 spiro atoms. The van der Waals surface area contributed by atoms with E-state index in [0.29, 0.717) is 31.5 Å². The Morgan fingerprint density at radius 1 is 1.03 bits per heavy atom. The lowest BCUT2D eigenvalue weighted by Crippen LogP contribution is -2.49. The zero-order chi connectivity index (χ0) is 21.6. The largest absolute Gasteiger partial charge is 0.482 e. The summed E-state index contributed by atoms with van der Waals surface area (Å²) in [7, 11) is 3.23. The number of likely N-dealkylation sites (tertiary alicyclic amines) is 1. The number of ether oxygens (including phenoxy) is 2. The fourth-order valence-corrected chi connectivity index (χ4v) is 4.61. The van der Waals surface area contributed by atoms with Gasteiger partial charge >= 0.3 is 5.97 Å². The molecule has 2 aliphatic rings. The second-order valence-electron chi connectivity index (χ2n) is 7.99. The Balaban J connectivity index is 1.43. The second-order valence-corrected chi connectivity index (χ2v) is 7.99. The van der Waals surface area contributed by atoms with Gasteiger partial charge in [0.15, 0.2) is 0 Å². The van der Waals surface area contributed by atoms with E-state index in [0.717, 1.165) is 22.6 Å². The highest BCUT2D eigenvalue weighted by atomic mass is 16.5. The Morgan fingerprint density at radius 3 is 2.45 bits per heavy atom. The van der Waals surface area contributed by atoms with E-state index in [-0.39, 0.29) is 11.5 Å². The molecule has 0 saturated carbocycles. The number of amides is 1. The molecule has 1 fully saturated rings. The summed E-state index contributed by atoms with van der Waals surface area (Å²) >= 11 is 0. The first-order valence-electron chi connectivity index (χ1n) is 10.3. The number of rotatable bonds is 2. The molecule has 0 bridgehead atoms. The van der Waals surface area contributed by atoms with Crippen LogP contribution >= 0.6 is 0 Å². The fourth-order valence-electron chi connectivity index (χ4n) is 4.61. The van der Waals surface area contributed by atoms with Crippen molar-refractivity contribution in [3.05, 3.63) is 71.4 Å². The van der Waals surface area contributed by atoms with E-state index >= 15 is 0 Å². The van der Waals surface area contributed by atoms with Gasteiger partial charge in [-0.25, -0.2) is 4.79 Å². The van der Waals surface area contributed by atoms with Gasteiger partial charge in [0.25, 0.3) is 5.91 Å². The minimum absolute atomic E-state index is 0.168. The molecule has 31 heavy (non-hydrogen) atoms. The SMILES string of the molecule is COC(=O)c1ccccc1C(=O)N1CCC2(CC1)Oc1ccccc1-c1nn(C)cc12. The summed E-state index contributed by atoms with van der Waals surface area (Å²) in [4.78, 5) is 27.1. The summed E-state index contributed by atoms with van der Waals surface area (Å²) in [6, 6.07) is 14.7. The molecule has 0 N–H and O–H groups in total. The van der Waals surface area contributed by atoms with Gasteiger partial charge < -0.3 is 14.4 Å². The first-order chi connectivity index (χ1) is 15.0. The maximum Gasteiger partial charge on any atom is 0.338 e. The zero-order valence-corrected chi connectivity index (χ0v) is 17.5. The monoisotopic (exact) mass is 417 g/mol. The van der Waals surface area contributed by atoms with Crippen LogP contribution in [0, 0.1) is 0 Å². The van der Waals surface area contributed by atoms with E-state index in [4.69, 9.17) is 9.47 Å². The van der Waals surface area contributed by atoms with Crippen LogP contribution in [0.4, 0.5) is 0 Å². The van der Waals surface area contributed by atoms with Gasteiger partial charge in [0, 0.05) is 50.3 Å². The van der Waals surface area contributed by atoms with Crippen molar-refractivity contribution >= 4 is 11.9 Å². The van der Waals surface area contributed by atoms with Crippen LogP contribution in [0.15, 0.2) is 54.7 Å². The van der Waals surface area contributed by atoms with E-state index in [1.54, 1.807) is 29.2 Å².